The van der Waals surface area contributed by atoms with Crippen molar-refractivity contribution in [3.05, 3.63) is 33.3 Å². The van der Waals surface area contributed by atoms with E-state index in [-0.39, 0.29) is 0 Å². The Hall–Kier alpha value is -1.33. The quantitative estimate of drug-likeness (QED) is 0.711. The molecule has 0 saturated carbocycles. The molecule has 0 aliphatic carbocycles. The molecule has 1 saturated heterocycles. The molecule has 0 atom stereocenters. The number of rotatable bonds is 5. The number of aryl methyl sites for hydroxylation is 2. The molecule has 0 radical (unpaired) electrons. The van der Waals surface area contributed by atoms with Crippen molar-refractivity contribution in [3.63, 3.8) is 0 Å². The van der Waals surface area contributed by atoms with E-state index in [0.717, 1.165) is 33.3 Å². The lowest BCUT2D eigenvalue weighted by molar-refractivity contribution is -0.926. The third-order valence-corrected chi connectivity index (χ3v) is 7.96. The Balaban J connectivity index is 1.67. The first-order valence-corrected chi connectivity index (χ1v) is 11.1. The van der Waals surface area contributed by atoms with Gasteiger partial charge in [0.2, 0.25) is 15.2 Å². The fourth-order valence-corrected chi connectivity index (χ4v) is 5.75. The van der Waals surface area contributed by atoms with Crippen LogP contribution < -0.4 is 10.2 Å². The predicted octanol–water partition coefficient (Wildman–Crippen LogP) is 0.880. The van der Waals surface area contributed by atoms with Crippen LogP contribution in [0.25, 0.3) is 0 Å². The van der Waals surface area contributed by atoms with E-state index in [1.165, 1.54) is 16.2 Å². The first kappa shape index (κ1) is 19.4. The minimum atomic E-state index is -3.44. The second kappa shape index (κ2) is 7.73. The molecule has 7 nitrogen and oxygen atoms in total. The summed E-state index contributed by atoms with van der Waals surface area (Å²) < 4.78 is 30.0. The Morgan fingerprint density at radius 3 is 2.58 bits per heavy atom. The molecule has 10 heteroatoms. The predicted molar refractivity (Wildman–Crippen MR) is 106 cm³/mol. The molecule has 0 bridgehead atoms. The van der Waals surface area contributed by atoms with Crippen LogP contribution in [0.2, 0.25) is 0 Å². The van der Waals surface area contributed by atoms with Crippen LogP contribution in [0.4, 0.5) is 5.13 Å². The maximum atomic E-state index is 13.0. The molecule has 0 spiro atoms. The summed E-state index contributed by atoms with van der Waals surface area (Å²) in [5.41, 5.74) is 1.87. The Kier molecular flexibility index (Phi) is 5.78. The summed E-state index contributed by atoms with van der Waals surface area (Å²) in [6, 6.07) is 5.48. The summed E-state index contributed by atoms with van der Waals surface area (Å²) in [7, 11) is -1.62. The molecule has 1 aliphatic rings. The lowest BCUT2D eigenvalue weighted by Gasteiger charge is -2.31. The summed E-state index contributed by atoms with van der Waals surface area (Å²) in [5.74, 6) is 0. The van der Waals surface area contributed by atoms with Crippen molar-refractivity contribution in [2.24, 2.45) is 0 Å². The fourth-order valence-electron chi connectivity index (χ4n) is 3.15. The average molecular weight is 415 g/mol. The molecule has 26 heavy (non-hydrogen) atoms. The average Bonchev–Trinajstić information content (AvgIpc) is 2.95. The van der Waals surface area contributed by atoms with Gasteiger partial charge in [0.1, 0.15) is 0 Å². The molecule has 1 fully saturated rings. The molecular formula is C16H24N5O2S3+. The van der Waals surface area contributed by atoms with Gasteiger partial charge in [0.05, 0.1) is 31.1 Å². The standard InChI is InChI=1S/C16H23N5O2S3/c1-12-4-5-14(13(2)10-12)26(22,23)20-8-6-19(7-9-20)11-21-16(24)25-15(17-3)18-21/h4-5,10H,6-9,11H2,1-3H3,(H,17,18)/p+1. The van der Waals surface area contributed by atoms with Gasteiger partial charge in [-0.25, -0.2) is 8.42 Å². The zero-order valence-electron chi connectivity index (χ0n) is 15.2. The van der Waals surface area contributed by atoms with Gasteiger partial charge in [-0.2, -0.15) is 8.99 Å². The van der Waals surface area contributed by atoms with Crippen molar-refractivity contribution in [3.8, 4) is 0 Å². The summed E-state index contributed by atoms with van der Waals surface area (Å²) in [6.07, 6.45) is 0. The van der Waals surface area contributed by atoms with E-state index in [9.17, 15) is 8.42 Å². The lowest BCUT2D eigenvalue weighted by Crippen LogP contribution is -3.14. The van der Waals surface area contributed by atoms with Crippen LogP contribution >= 0.6 is 23.6 Å². The molecule has 3 rings (SSSR count). The Morgan fingerprint density at radius 2 is 2.00 bits per heavy atom. The number of sulfonamides is 1. The number of piperazine rings is 1. The van der Waals surface area contributed by atoms with Crippen LogP contribution in [0.3, 0.4) is 0 Å². The molecule has 0 amide bonds. The summed E-state index contributed by atoms with van der Waals surface area (Å²) in [5, 5.41) is 8.22. The minimum Gasteiger partial charge on any atom is -0.363 e. The van der Waals surface area contributed by atoms with Crippen molar-refractivity contribution in [1.82, 2.24) is 14.1 Å². The maximum absolute atomic E-state index is 13.0. The number of anilines is 1. The highest BCUT2D eigenvalue weighted by Crippen LogP contribution is 2.21. The number of aromatic nitrogens is 2. The minimum absolute atomic E-state index is 0.409. The van der Waals surface area contributed by atoms with E-state index in [2.05, 4.69) is 10.4 Å². The van der Waals surface area contributed by atoms with E-state index in [4.69, 9.17) is 12.2 Å². The summed E-state index contributed by atoms with van der Waals surface area (Å²) in [6.45, 7) is 6.95. The highest BCUT2D eigenvalue weighted by Gasteiger charge is 2.31. The largest absolute Gasteiger partial charge is 0.363 e. The highest BCUT2D eigenvalue weighted by molar-refractivity contribution is 7.89. The number of quaternary nitrogens is 1. The Bertz CT molecular complexity index is 943. The van der Waals surface area contributed by atoms with Gasteiger partial charge in [0.25, 0.3) is 0 Å². The Labute approximate surface area is 163 Å². The SMILES string of the molecule is CNc1nn(C[NH+]2CCN(S(=O)(=O)c3ccc(C)cc3C)CC2)c(=S)s1. The molecule has 2 heterocycles. The maximum Gasteiger partial charge on any atom is 0.243 e. The molecule has 2 aromatic rings. The van der Waals surface area contributed by atoms with E-state index in [1.54, 1.807) is 10.4 Å². The van der Waals surface area contributed by atoms with Crippen molar-refractivity contribution in [2.75, 3.05) is 38.5 Å². The van der Waals surface area contributed by atoms with Gasteiger partial charge in [-0.15, -0.1) is 5.10 Å². The summed E-state index contributed by atoms with van der Waals surface area (Å²) in [4.78, 5) is 1.69. The first-order chi connectivity index (χ1) is 12.3. The summed E-state index contributed by atoms with van der Waals surface area (Å²) >= 11 is 6.78. The van der Waals surface area contributed by atoms with Crippen LogP contribution in [0.5, 0.6) is 0 Å². The topological polar surface area (TPSA) is 71.7 Å². The van der Waals surface area contributed by atoms with Crippen LogP contribution in [0.1, 0.15) is 11.1 Å². The van der Waals surface area contributed by atoms with Crippen molar-refractivity contribution in [1.29, 1.82) is 0 Å². The second-order valence-corrected chi connectivity index (χ2v) is 10.0. The second-order valence-electron chi connectivity index (χ2n) is 6.50. The van der Waals surface area contributed by atoms with Crippen LogP contribution in [-0.2, 0) is 16.7 Å². The van der Waals surface area contributed by atoms with Gasteiger partial charge in [0, 0.05) is 7.05 Å². The van der Waals surface area contributed by atoms with Gasteiger partial charge in [-0.05, 0) is 37.7 Å². The molecule has 0 unspecified atom stereocenters. The molecule has 1 aromatic heterocycles. The molecule has 142 valence electrons. The van der Waals surface area contributed by atoms with E-state index < -0.39 is 10.0 Å². The molecule has 1 aromatic carbocycles. The van der Waals surface area contributed by atoms with Crippen molar-refractivity contribution < 1.29 is 13.3 Å². The number of benzene rings is 1. The number of nitrogens with zero attached hydrogens (tertiary/aromatic N) is 3. The number of nitrogens with one attached hydrogen (secondary N) is 2. The van der Waals surface area contributed by atoms with Crippen LogP contribution in [0, 0.1) is 17.8 Å². The molecule has 1 aliphatic heterocycles. The normalized spacial score (nSPS) is 16.7. The van der Waals surface area contributed by atoms with Crippen molar-refractivity contribution in [2.45, 2.75) is 25.4 Å². The van der Waals surface area contributed by atoms with E-state index >= 15 is 0 Å². The fraction of sp³-hybridized carbons (Fsp3) is 0.500. The van der Waals surface area contributed by atoms with Crippen molar-refractivity contribution >= 4 is 38.7 Å². The number of hydrogen-bond donors (Lipinski definition) is 2. The molecular weight excluding hydrogens is 390 g/mol. The van der Waals surface area contributed by atoms with Crippen LogP contribution in [-0.4, -0.2) is 55.7 Å². The smallest absolute Gasteiger partial charge is 0.243 e. The van der Waals surface area contributed by atoms with E-state index in [0.29, 0.717) is 24.7 Å². The van der Waals surface area contributed by atoms with Gasteiger partial charge in [-0.1, -0.05) is 29.0 Å². The Morgan fingerprint density at radius 1 is 1.31 bits per heavy atom. The zero-order valence-corrected chi connectivity index (χ0v) is 17.6. The van der Waals surface area contributed by atoms with Gasteiger partial charge in [-0.3, -0.25) is 0 Å². The van der Waals surface area contributed by atoms with Gasteiger partial charge >= 0.3 is 0 Å². The van der Waals surface area contributed by atoms with Crippen LogP contribution in [0.15, 0.2) is 23.1 Å². The highest BCUT2D eigenvalue weighted by atomic mass is 32.2. The molecule has 2 N–H and O–H groups in total. The van der Waals surface area contributed by atoms with Gasteiger partial charge < -0.3 is 10.2 Å². The third-order valence-electron chi connectivity index (χ3n) is 4.57. The van der Waals surface area contributed by atoms with Gasteiger partial charge in [0.15, 0.2) is 10.6 Å². The number of hydrogen-bond acceptors (Lipinski definition) is 6. The lowest BCUT2D eigenvalue weighted by atomic mass is 10.2. The monoisotopic (exact) mass is 414 g/mol. The third kappa shape index (κ3) is 3.99. The first-order valence-electron chi connectivity index (χ1n) is 8.48. The zero-order chi connectivity index (χ0) is 18.9. The van der Waals surface area contributed by atoms with E-state index in [1.807, 2.05) is 37.7 Å².